The van der Waals surface area contributed by atoms with Crippen LogP contribution in [0.1, 0.15) is 33.7 Å². The highest BCUT2D eigenvalue weighted by molar-refractivity contribution is 6.01. The van der Waals surface area contributed by atoms with E-state index in [1.54, 1.807) is 28.9 Å². The Morgan fingerprint density at radius 3 is 2.58 bits per heavy atom. The highest BCUT2D eigenvalue weighted by Crippen LogP contribution is 2.15. The Morgan fingerprint density at radius 2 is 1.88 bits per heavy atom. The van der Waals surface area contributed by atoms with E-state index in [0.717, 1.165) is 16.7 Å². The van der Waals surface area contributed by atoms with E-state index in [2.05, 4.69) is 20.7 Å². The van der Waals surface area contributed by atoms with Crippen molar-refractivity contribution < 1.29 is 19.4 Å². The van der Waals surface area contributed by atoms with Gasteiger partial charge < -0.3 is 20.5 Å². The summed E-state index contributed by atoms with van der Waals surface area (Å²) in [6.07, 6.45) is 2.63. The number of methoxy groups -OCH3 is 1. The third-order valence-corrected chi connectivity index (χ3v) is 5.32. The number of hydrogen-bond donors (Lipinski definition) is 3. The number of aromatic hydroxyl groups is 1. The number of benzene rings is 2. The first kappa shape index (κ1) is 23.9. The molecule has 0 aliphatic heterocycles. The number of anilines is 1. The number of nitrogens with zero attached hydrogens (tertiary/aromatic N) is 3. The van der Waals surface area contributed by atoms with Crippen LogP contribution in [0.2, 0.25) is 0 Å². The number of rotatable bonds is 10. The minimum Gasteiger partial charge on any atom is -0.508 e. The molecule has 1 atom stereocenters. The van der Waals surface area contributed by atoms with Crippen LogP contribution in [-0.2, 0) is 22.5 Å². The molecule has 0 aliphatic rings. The van der Waals surface area contributed by atoms with Crippen LogP contribution in [0.25, 0.3) is 0 Å². The Balaban J connectivity index is 1.48. The van der Waals surface area contributed by atoms with Crippen molar-refractivity contribution in [2.45, 2.75) is 39.3 Å². The van der Waals surface area contributed by atoms with Crippen molar-refractivity contribution in [3.8, 4) is 5.75 Å². The quantitative estimate of drug-likeness (QED) is 0.320. The topological polar surface area (TPSA) is 118 Å². The number of nitrogens with one attached hydrogen (secondary N) is 2. The van der Waals surface area contributed by atoms with Gasteiger partial charge in [0.25, 0.3) is 5.91 Å². The maximum Gasteiger partial charge on any atom is 0.323 e. The number of esters is 1. The van der Waals surface area contributed by atoms with Crippen molar-refractivity contribution in [3.63, 3.8) is 0 Å². The molecule has 0 unspecified atom stereocenters. The summed E-state index contributed by atoms with van der Waals surface area (Å²) < 4.78 is 6.49. The second-order valence-corrected chi connectivity index (χ2v) is 7.84. The molecule has 0 radical (unpaired) electrons. The van der Waals surface area contributed by atoms with Crippen LogP contribution in [0.4, 0.5) is 5.69 Å². The molecule has 0 aliphatic carbocycles. The third-order valence-electron chi connectivity index (χ3n) is 5.32. The predicted molar refractivity (Wildman–Crippen MR) is 124 cm³/mol. The summed E-state index contributed by atoms with van der Waals surface area (Å²) >= 11 is 0. The molecule has 33 heavy (non-hydrogen) atoms. The smallest absolute Gasteiger partial charge is 0.323 e. The van der Waals surface area contributed by atoms with Gasteiger partial charge in [-0.2, -0.15) is 0 Å². The number of aryl methyl sites for hydroxylation is 3. The standard InChI is InChI=1S/C24H29N5O4/c1-16-5-8-19(13-17(16)2)27-23(31)22-26-15-29(28-22)12-4-11-25-21(24(32)33-3)14-18-6-9-20(30)10-7-18/h5-10,13,15,21,25,30H,4,11-12,14H2,1-3H3,(H,27,31)/t21-/m0/s1. The summed E-state index contributed by atoms with van der Waals surface area (Å²) in [5, 5.41) is 19.7. The van der Waals surface area contributed by atoms with Gasteiger partial charge in [-0.1, -0.05) is 18.2 Å². The van der Waals surface area contributed by atoms with Crippen molar-refractivity contribution in [3.05, 3.63) is 71.3 Å². The zero-order chi connectivity index (χ0) is 23.8. The molecule has 0 fully saturated rings. The van der Waals surface area contributed by atoms with Crippen LogP contribution < -0.4 is 10.6 Å². The van der Waals surface area contributed by atoms with Gasteiger partial charge >= 0.3 is 5.97 Å². The van der Waals surface area contributed by atoms with Gasteiger partial charge in [0.15, 0.2) is 0 Å². The van der Waals surface area contributed by atoms with Gasteiger partial charge in [0.1, 0.15) is 18.1 Å². The molecule has 2 aromatic carbocycles. The Morgan fingerprint density at radius 1 is 1.12 bits per heavy atom. The van der Waals surface area contributed by atoms with E-state index in [0.29, 0.717) is 31.6 Å². The molecule has 3 rings (SSSR count). The van der Waals surface area contributed by atoms with Gasteiger partial charge in [-0.25, -0.2) is 4.98 Å². The molecule has 0 saturated heterocycles. The van der Waals surface area contributed by atoms with Crippen LogP contribution in [0.15, 0.2) is 48.8 Å². The minimum absolute atomic E-state index is 0.0981. The molecular weight excluding hydrogens is 422 g/mol. The molecule has 174 valence electrons. The van der Waals surface area contributed by atoms with E-state index in [-0.39, 0.29) is 23.5 Å². The number of phenolic OH excluding ortho intramolecular Hbond substituents is 1. The van der Waals surface area contributed by atoms with Crippen LogP contribution in [0, 0.1) is 13.8 Å². The van der Waals surface area contributed by atoms with Crippen LogP contribution in [-0.4, -0.2) is 51.4 Å². The molecule has 1 aromatic heterocycles. The fourth-order valence-corrected chi connectivity index (χ4v) is 3.28. The second kappa shape index (κ2) is 11.2. The van der Waals surface area contributed by atoms with Gasteiger partial charge in [0.05, 0.1) is 7.11 Å². The average Bonchev–Trinajstić information content (AvgIpc) is 3.28. The summed E-state index contributed by atoms with van der Waals surface area (Å²) in [6, 6.07) is 11.9. The van der Waals surface area contributed by atoms with Crippen molar-refractivity contribution in [2.75, 3.05) is 19.0 Å². The number of carbonyl (C=O) groups excluding carboxylic acids is 2. The van der Waals surface area contributed by atoms with Crippen molar-refractivity contribution >= 4 is 17.6 Å². The first-order chi connectivity index (χ1) is 15.9. The fraction of sp³-hybridized carbons (Fsp3) is 0.333. The number of carbonyl (C=O) groups is 2. The van der Waals surface area contributed by atoms with E-state index >= 15 is 0 Å². The monoisotopic (exact) mass is 451 g/mol. The molecule has 1 heterocycles. The highest BCUT2D eigenvalue weighted by Gasteiger charge is 2.19. The van der Waals surface area contributed by atoms with Crippen LogP contribution in [0.5, 0.6) is 5.75 Å². The molecule has 1 amide bonds. The highest BCUT2D eigenvalue weighted by atomic mass is 16.5. The zero-order valence-corrected chi connectivity index (χ0v) is 19.0. The predicted octanol–water partition coefficient (Wildman–Crippen LogP) is 2.62. The molecule has 9 nitrogen and oxygen atoms in total. The lowest BCUT2D eigenvalue weighted by molar-refractivity contribution is -0.143. The summed E-state index contributed by atoms with van der Waals surface area (Å²) in [7, 11) is 1.35. The summed E-state index contributed by atoms with van der Waals surface area (Å²) in [5.41, 5.74) is 3.86. The van der Waals surface area contributed by atoms with Crippen molar-refractivity contribution in [1.29, 1.82) is 0 Å². The fourth-order valence-electron chi connectivity index (χ4n) is 3.28. The molecule has 3 aromatic rings. The van der Waals surface area contributed by atoms with Gasteiger partial charge in [-0.05, 0) is 74.2 Å². The third kappa shape index (κ3) is 6.88. The maximum atomic E-state index is 12.4. The lowest BCUT2D eigenvalue weighted by Gasteiger charge is -2.16. The van der Waals surface area contributed by atoms with Crippen molar-refractivity contribution in [2.24, 2.45) is 0 Å². The zero-order valence-electron chi connectivity index (χ0n) is 19.0. The average molecular weight is 452 g/mol. The van der Waals surface area contributed by atoms with Gasteiger partial charge in [-0.15, -0.1) is 5.10 Å². The molecule has 3 N–H and O–H groups in total. The van der Waals surface area contributed by atoms with Crippen LogP contribution >= 0.6 is 0 Å². The van der Waals surface area contributed by atoms with Gasteiger partial charge in [0.2, 0.25) is 5.82 Å². The number of phenols is 1. The molecule has 0 bridgehead atoms. The Bertz CT molecular complexity index is 1090. The molecule has 0 spiro atoms. The Hall–Kier alpha value is -3.72. The largest absolute Gasteiger partial charge is 0.508 e. The first-order valence-corrected chi connectivity index (χ1v) is 10.7. The summed E-state index contributed by atoms with van der Waals surface area (Å²) in [4.78, 5) is 28.6. The second-order valence-electron chi connectivity index (χ2n) is 7.84. The van der Waals surface area contributed by atoms with Gasteiger partial charge in [-0.3, -0.25) is 14.3 Å². The molecular formula is C24H29N5O4. The number of hydrogen-bond acceptors (Lipinski definition) is 7. The minimum atomic E-state index is -0.505. The normalized spacial score (nSPS) is 11.7. The summed E-state index contributed by atoms with van der Waals surface area (Å²) in [6.45, 7) is 5.08. The van der Waals surface area contributed by atoms with E-state index < -0.39 is 6.04 Å². The number of aromatic nitrogens is 3. The van der Waals surface area contributed by atoms with Crippen LogP contribution in [0.3, 0.4) is 0 Å². The summed E-state index contributed by atoms with van der Waals surface area (Å²) in [5.74, 6) is -0.443. The van der Waals surface area contributed by atoms with Crippen molar-refractivity contribution in [1.82, 2.24) is 20.1 Å². The SMILES string of the molecule is COC(=O)[C@H](Cc1ccc(O)cc1)NCCCn1cnc(C(=O)Nc2ccc(C)c(C)c2)n1. The van der Waals surface area contributed by atoms with E-state index in [9.17, 15) is 14.7 Å². The molecule has 0 saturated carbocycles. The lowest BCUT2D eigenvalue weighted by atomic mass is 10.1. The Labute approximate surface area is 192 Å². The lowest BCUT2D eigenvalue weighted by Crippen LogP contribution is -2.40. The maximum absolute atomic E-state index is 12.4. The molecule has 9 heteroatoms. The number of amides is 1. The van der Waals surface area contributed by atoms with E-state index in [4.69, 9.17) is 4.74 Å². The number of ether oxygens (including phenoxy) is 1. The van der Waals surface area contributed by atoms with E-state index in [1.165, 1.54) is 13.4 Å². The Kier molecular flexibility index (Phi) is 8.15. The van der Waals surface area contributed by atoms with E-state index in [1.807, 2.05) is 32.0 Å². The van der Waals surface area contributed by atoms with Gasteiger partial charge in [0, 0.05) is 12.2 Å². The first-order valence-electron chi connectivity index (χ1n) is 10.7.